The van der Waals surface area contributed by atoms with Gasteiger partial charge in [0.25, 0.3) is 5.91 Å². The summed E-state index contributed by atoms with van der Waals surface area (Å²) in [5.41, 5.74) is 1.69. The molecular formula is C20H25N5O3. The molecule has 0 saturated carbocycles. The third-order valence-corrected chi connectivity index (χ3v) is 4.65. The second-order valence-corrected chi connectivity index (χ2v) is 7.15. The van der Waals surface area contributed by atoms with Crippen LogP contribution in [0.3, 0.4) is 0 Å². The Morgan fingerprint density at radius 2 is 1.96 bits per heavy atom. The van der Waals surface area contributed by atoms with E-state index in [1.165, 1.54) is 6.92 Å². The van der Waals surface area contributed by atoms with Gasteiger partial charge in [-0.15, -0.1) is 0 Å². The van der Waals surface area contributed by atoms with Crippen molar-refractivity contribution in [1.82, 2.24) is 24.3 Å². The van der Waals surface area contributed by atoms with Gasteiger partial charge in [0, 0.05) is 38.1 Å². The monoisotopic (exact) mass is 383 g/mol. The maximum absolute atomic E-state index is 12.5. The van der Waals surface area contributed by atoms with Gasteiger partial charge in [-0.05, 0) is 30.5 Å². The number of aromatic nitrogens is 3. The Balaban J connectivity index is 1.82. The summed E-state index contributed by atoms with van der Waals surface area (Å²) in [7, 11) is 0. The van der Waals surface area contributed by atoms with Crippen molar-refractivity contribution in [2.24, 2.45) is 0 Å². The molecule has 1 saturated heterocycles. The minimum Gasteiger partial charge on any atom is -0.354 e. The maximum atomic E-state index is 12.5. The molecule has 0 atom stereocenters. The fourth-order valence-electron chi connectivity index (χ4n) is 3.36. The zero-order valence-electron chi connectivity index (χ0n) is 16.4. The van der Waals surface area contributed by atoms with Gasteiger partial charge in [0.05, 0.1) is 12.0 Å². The van der Waals surface area contributed by atoms with E-state index in [9.17, 15) is 14.4 Å². The van der Waals surface area contributed by atoms with Crippen molar-refractivity contribution >= 4 is 23.8 Å². The molecule has 3 rings (SSSR count). The molecule has 0 radical (unpaired) electrons. The number of amides is 3. The number of hydrogen-bond donors (Lipinski definition) is 1. The highest BCUT2D eigenvalue weighted by atomic mass is 16.2. The minimum atomic E-state index is -0.510. The van der Waals surface area contributed by atoms with Crippen molar-refractivity contribution in [3.63, 3.8) is 0 Å². The lowest BCUT2D eigenvalue weighted by atomic mass is 10.1. The lowest BCUT2D eigenvalue weighted by Crippen LogP contribution is -2.51. The molecule has 1 fully saturated rings. The van der Waals surface area contributed by atoms with E-state index in [-0.39, 0.29) is 18.2 Å². The molecule has 148 valence electrons. The van der Waals surface area contributed by atoms with Crippen molar-refractivity contribution in [1.29, 1.82) is 0 Å². The Kier molecular flexibility index (Phi) is 5.77. The van der Waals surface area contributed by atoms with Crippen LogP contribution >= 0.6 is 0 Å². The molecule has 3 heterocycles. The first-order valence-electron chi connectivity index (χ1n) is 9.36. The van der Waals surface area contributed by atoms with E-state index in [1.54, 1.807) is 12.4 Å². The summed E-state index contributed by atoms with van der Waals surface area (Å²) in [6, 6.07) is 4.00. The third kappa shape index (κ3) is 4.21. The largest absolute Gasteiger partial charge is 0.354 e. The van der Waals surface area contributed by atoms with Gasteiger partial charge < -0.3 is 14.5 Å². The summed E-state index contributed by atoms with van der Waals surface area (Å²) in [4.78, 5) is 41.4. The van der Waals surface area contributed by atoms with Gasteiger partial charge >= 0.3 is 0 Å². The second-order valence-electron chi connectivity index (χ2n) is 7.15. The number of rotatable bonds is 6. The number of hydrogen-bond acceptors (Lipinski definition) is 4. The average Bonchev–Trinajstić information content (AvgIpc) is 3.27. The zero-order chi connectivity index (χ0) is 20.3. The number of carbonyl (C=O) groups is 3. The van der Waals surface area contributed by atoms with Gasteiger partial charge in [-0.1, -0.05) is 13.8 Å². The fourth-order valence-corrected chi connectivity index (χ4v) is 3.36. The van der Waals surface area contributed by atoms with Crippen LogP contribution in [0.25, 0.3) is 6.08 Å². The summed E-state index contributed by atoms with van der Waals surface area (Å²) < 4.78 is 4.21. The number of imidazole rings is 1. The lowest BCUT2D eigenvalue weighted by Gasteiger charge is -2.25. The van der Waals surface area contributed by atoms with Crippen LogP contribution in [-0.4, -0.2) is 43.3 Å². The van der Waals surface area contributed by atoms with Crippen molar-refractivity contribution in [2.45, 2.75) is 46.2 Å². The van der Waals surface area contributed by atoms with Gasteiger partial charge in [-0.2, -0.15) is 0 Å². The molecule has 8 nitrogen and oxygen atoms in total. The van der Waals surface area contributed by atoms with Gasteiger partial charge in [0.15, 0.2) is 0 Å². The van der Waals surface area contributed by atoms with Crippen LogP contribution < -0.4 is 5.32 Å². The summed E-state index contributed by atoms with van der Waals surface area (Å²) in [6.45, 7) is 6.84. The molecule has 0 unspecified atom stereocenters. The Morgan fingerprint density at radius 3 is 2.61 bits per heavy atom. The van der Waals surface area contributed by atoms with Crippen LogP contribution in [0.2, 0.25) is 0 Å². The number of imide groups is 1. The van der Waals surface area contributed by atoms with Gasteiger partial charge in [-0.25, -0.2) is 4.98 Å². The molecule has 0 aliphatic carbocycles. The normalized spacial score (nSPS) is 16.1. The molecule has 0 bridgehead atoms. The Bertz CT molecular complexity index is 908. The number of nitrogens with zero attached hydrogens (tertiary/aromatic N) is 4. The summed E-state index contributed by atoms with van der Waals surface area (Å²) in [5, 5.41) is 2.56. The van der Waals surface area contributed by atoms with Crippen molar-refractivity contribution in [3.05, 3.63) is 47.9 Å². The molecule has 1 N–H and O–H groups in total. The van der Waals surface area contributed by atoms with Crippen molar-refractivity contribution in [3.8, 4) is 0 Å². The predicted molar refractivity (Wildman–Crippen MR) is 104 cm³/mol. The van der Waals surface area contributed by atoms with E-state index >= 15 is 0 Å². The summed E-state index contributed by atoms with van der Waals surface area (Å²) >= 11 is 0. The molecule has 3 amide bonds. The smallest absolute Gasteiger partial charge is 0.277 e. The van der Waals surface area contributed by atoms with E-state index in [0.717, 1.165) is 30.1 Å². The molecule has 1 aliphatic heterocycles. The third-order valence-electron chi connectivity index (χ3n) is 4.65. The molecule has 0 aromatic carbocycles. The standard InChI is InChI=1S/C20H25N5O3/c1-14(2)19-16(11-17-20(28)25(15(3)26)12-18(27)22-17)21-13-24(19)10-6-9-23-7-4-5-8-23/h4-5,7-8,11,13-14H,6,9-10,12H2,1-3H3,(H,22,27). The molecule has 0 spiro atoms. The van der Waals surface area contributed by atoms with Crippen LogP contribution in [-0.2, 0) is 27.5 Å². The first-order valence-corrected chi connectivity index (χ1v) is 9.36. The first kappa shape index (κ1) is 19.6. The summed E-state index contributed by atoms with van der Waals surface area (Å²) in [5.74, 6) is -1.17. The summed E-state index contributed by atoms with van der Waals surface area (Å²) in [6.07, 6.45) is 8.33. The molecule has 2 aromatic heterocycles. The van der Waals surface area contributed by atoms with Crippen LogP contribution in [0, 0.1) is 0 Å². The topological polar surface area (TPSA) is 89.2 Å². The minimum absolute atomic E-state index is 0.0749. The second kappa shape index (κ2) is 8.24. The van der Waals surface area contributed by atoms with Crippen LogP contribution in [0.1, 0.15) is 44.5 Å². The van der Waals surface area contributed by atoms with E-state index in [2.05, 4.69) is 33.3 Å². The Hall–Kier alpha value is -3.16. The highest BCUT2D eigenvalue weighted by Crippen LogP contribution is 2.22. The predicted octanol–water partition coefficient (Wildman–Crippen LogP) is 1.74. The quantitative estimate of drug-likeness (QED) is 0.770. The van der Waals surface area contributed by atoms with E-state index in [0.29, 0.717) is 5.69 Å². The number of aryl methyl sites for hydroxylation is 2. The Morgan fingerprint density at radius 1 is 1.25 bits per heavy atom. The van der Waals surface area contributed by atoms with Crippen molar-refractivity contribution in [2.75, 3.05) is 6.54 Å². The molecule has 28 heavy (non-hydrogen) atoms. The highest BCUT2D eigenvalue weighted by molar-refractivity contribution is 6.12. The van der Waals surface area contributed by atoms with Crippen LogP contribution in [0.15, 0.2) is 36.6 Å². The lowest BCUT2D eigenvalue weighted by molar-refractivity contribution is -0.147. The number of carbonyl (C=O) groups excluding carboxylic acids is 3. The van der Waals surface area contributed by atoms with Gasteiger partial charge in [0.2, 0.25) is 11.8 Å². The van der Waals surface area contributed by atoms with Gasteiger partial charge in [-0.3, -0.25) is 19.3 Å². The highest BCUT2D eigenvalue weighted by Gasteiger charge is 2.31. The average molecular weight is 383 g/mol. The zero-order valence-corrected chi connectivity index (χ0v) is 16.4. The first-order chi connectivity index (χ1) is 13.4. The Labute approximate surface area is 163 Å². The maximum Gasteiger partial charge on any atom is 0.277 e. The molecular weight excluding hydrogens is 358 g/mol. The SMILES string of the molecule is CC(=O)N1CC(=O)NC(=Cc2ncn(CCCn3cccc3)c2C(C)C)C1=O. The molecule has 8 heteroatoms. The van der Waals surface area contributed by atoms with Crippen LogP contribution in [0.5, 0.6) is 0 Å². The van der Waals surface area contributed by atoms with Crippen LogP contribution in [0.4, 0.5) is 0 Å². The molecule has 1 aliphatic rings. The van der Waals surface area contributed by atoms with E-state index in [4.69, 9.17) is 0 Å². The van der Waals surface area contributed by atoms with E-state index in [1.807, 2.05) is 24.5 Å². The number of nitrogens with one attached hydrogen (secondary N) is 1. The van der Waals surface area contributed by atoms with Crippen molar-refractivity contribution < 1.29 is 14.4 Å². The number of piperazine rings is 1. The fraction of sp³-hybridized carbons (Fsp3) is 0.400. The van der Waals surface area contributed by atoms with E-state index < -0.39 is 17.7 Å². The van der Waals surface area contributed by atoms with Gasteiger partial charge in [0.1, 0.15) is 12.2 Å². The molecule has 2 aromatic rings.